The van der Waals surface area contributed by atoms with E-state index in [1.165, 1.54) is 12.8 Å². The van der Waals surface area contributed by atoms with E-state index in [1.54, 1.807) is 14.2 Å². The van der Waals surface area contributed by atoms with Gasteiger partial charge < -0.3 is 35.3 Å². The number of methoxy groups -OCH3 is 2. The standard InChI is InChI=1S/C33H59N3O5/c1-23(2)26(18-25-12-13-30(40-8)31(19-25)41-17-11-16-39-7)20-28(34)29(37)21-27(24(3)4)32(38)35-22-33(36(5)6)14-9-10-15-33/h12-13,19,23-24,26-29,37H,9-11,14-18,20-22,34H2,1-8H3,(H,35,38)/t26-,27-,28-,29-/m0/s1. The van der Waals surface area contributed by atoms with Gasteiger partial charge in [-0.3, -0.25) is 4.79 Å². The molecule has 1 aromatic carbocycles. The van der Waals surface area contributed by atoms with Crippen LogP contribution in [0.1, 0.15) is 78.2 Å². The van der Waals surface area contributed by atoms with Gasteiger partial charge in [-0.1, -0.05) is 46.6 Å². The van der Waals surface area contributed by atoms with E-state index in [0.29, 0.717) is 44.3 Å². The minimum Gasteiger partial charge on any atom is -0.493 e. The highest BCUT2D eigenvalue weighted by atomic mass is 16.5. The Hall–Kier alpha value is -1.87. The molecular formula is C33H59N3O5. The number of nitrogens with one attached hydrogen (secondary N) is 1. The molecule has 1 aromatic rings. The number of aliphatic hydroxyl groups is 1. The highest BCUT2D eigenvalue weighted by molar-refractivity contribution is 5.79. The molecule has 236 valence electrons. The first-order chi connectivity index (χ1) is 19.4. The van der Waals surface area contributed by atoms with Crippen LogP contribution in [0.2, 0.25) is 0 Å². The lowest BCUT2D eigenvalue weighted by Crippen LogP contribution is -2.52. The minimum absolute atomic E-state index is 0.0241. The van der Waals surface area contributed by atoms with Crippen molar-refractivity contribution in [3.8, 4) is 11.5 Å². The molecule has 0 spiro atoms. The van der Waals surface area contributed by atoms with Crippen molar-refractivity contribution in [2.45, 2.75) is 96.7 Å². The number of aliphatic hydroxyl groups excluding tert-OH is 1. The van der Waals surface area contributed by atoms with Crippen LogP contribution in [0.15, 0.2) is 18.2 Å². The molecule has 0 aromatic heterocycles. The molecule has 0 unspecified atom stereocenters. The van der Waals surface area contributed by atoms with Gasteiger partial charge in [0.15, 0.2) is 11.5 Å². The number of carbonyl (C=O) groups is 1. The second kappa shape index (κ2) is 17.3. The monoisotopic (exact) mass is 577 g/mol. The van der Waals surface area contributed by atoms with Crippen LogP contribution >= 0.6 is 0 Å². The Bertz CT molecular complexity index is 901. The summed E-state index contributed by atoms with van der Waals surface area (Å²) >= 11 is 0. The van der Waals surface area contributed by atoms with E-state index in [0.717, 1.165) is 37.0 Å². The molecule has 0 saturated heterocycles. The van der Waals surface area contributed by atoms with Gasteiger partial charge in [-0.05, 0) is 81.6 Å². The summed E-state index contributed by atoms with van der Waals surface area (Å²) in [5, 5.41) is 14.4. The molecule has 1 aliphatic rings. The van der Waals surface area contributed by atoms with Crippen LogP contribution < -0.4 is 20.5 Å². The first-order valence-electron chi connectivity index (χ1n) is 15.6. The molecule has 1 fully saturated rings. The van der Waals surface area contributed by atoms with E-state index >= 15 is 0 Å². The van der Waals surface area contributed by atoms with Crippen molar-refractivity contribution >= 4 is 5.91 Å². The third-order valence-corrected chi connectivity index (χ3v) is 9.20. The second-order valence-electron chi connectivity index (χ2n) is 13.0. The van der Waals surface area contributed by atoms with E-state index in [1.807, 2.05) is 12.1 Å². The van der Waals surface area contributed by atoms with Gasteiger partial charge in [0.05, 0.1) is 19.8 Å². The average Bonchev–Trinajstić information content (AvgIpc) is 3.42. The van der Waals surface area contributed by atoms with Gasteiger partial charge >= 0.3 is 0 Å². The molecule has 8 heteroatoms. The number of likely N-dealkylation sites (N-methyl/N-ethyl adjacent to an activating group) is 1. The molecule has 0 heterocycles. The number of nitrogens with zero attached hydrogens (tertiary/aromatic N) is 1. The zero-order valence-corrected chi connectivity index (χ0v) is 27.1. The van der Waals surface area contributed by atoms with Gasteiger partial charge in [-0.15, -0.1) is 0 Å². The van der Waals surface area contributed by atoms with Crippen LogP contribution in [0.25, 0.3) is 0 Å². The number of amides is 1. The van der Waals surface area contributed by atoms with Crippen molar-refractivity contribution in [3.63, 3.8) is 0 Å². The molecule has 0 bridgehead atoms. The van der Waals surface area contributed by atoms with Gasteiger partial charge in [0, 0.05) is 44.2 Å². The summed E-state index contributed by atoms with van der Waals surface area (Å²) < 4.78 is 16.6. The van der Waals surface area contributed by atoms with Crippen molar-refractivity contribution in [3.05, 3.63) is 23.8 Å². The fourth-order valence-corrected chi connectivity index (χ4v) is 6.06. The number of benzene rings is 1. The van der Waals surface area contributed by atoms with E-state index in [9.17, 15) is 9.90 Å². The normalized spacial score (nSPS) is 18.0. The highest BCUT2D eigenvalue weighted by Crippen LogP contribution is 2.34. The Kier molecular flexibility index (Phi) is 14.9. The second-order valence-corrected chi connectivity index (χ2v) is 13.0. The predicted molar refractivity (Wildman–Crippen MR) is 166 cm³/mol. The summed E-state index contributed by atoms with van der Waals surface area (Å²) in [5.74, 6) is 1.93. The lowest BCUT2D eigenvalue weighted by atomic mass is 9.80. The Balaban J connectivity index is 2.01. The van der Waals surface area contributed by atoms with Gasteiger partial charge in [0.25, 0.3) is 0 Å². The Morgan fingerprint density at radius 2 is 1.73 bits per heavy atom. The number of hydrogen-bond donors (Lipinski definition) is 3. The maximum absolute atomic E-state index is 13.3. The molecule has 2 rings (SSSR count). The molecular weight excluding hydrogens is 518 g/mol. The fourth-order valence-electron chi connectivity index (χ4n) is 6.06. The quantitative estimate of drug-likeness (QED) is 0.205. The van der Waals surface area contributed by atoms with E-state index < -0.39 is 12.1 Å². The Morgan fingerprint density at radius 1 is 1.05 bits per heavy atom. The first-order valence-corrected chi connectivity index (χ1v) is 15.6. The Morgan fingerprint density at radius 3 is 2.29 bits per heavy atom. The summed E-state index contributed by atoms with van der Waals surface area (Å²) in [7, 11) is 7.54. The molecule has 1 amide bonds. The van der Waals surface area contributed by atoms with E-state index in [-0.39, 0.29) is 29.2 Å². The molecule has 41 heavy (non-hydrogen) atoms. The first kappa shape index (κ1) is 35.3. The largest absolute Gasteiger partial charge is 0.493 e. The van der Waals surface area contributed by atoms with Crippen molar-refractivity contribution in [2.24, 2.45) is 29.4 Å². The zero-order chi connectivity index (χ0) is 30.6. The highest BCUT2D eigenvalue weighted by Gasteiger charge is 2.37. The molecule has 4 atom stereocenters. The average molecular weight is 578 g/mol. The Labute approximate surface area is 249 Å². The third kappa shape index (κ3) is 10.7. The van der Waals surface area contributed by atoms with Crippen molar-refractivity contribution in [1.29, 1.82) is 0 Å². The molecule has 8 nitrogen and oxygen atoms in total. The predicted octanol–water partition coefficient (Wildman–Crippen LogP) is 4.66. The number of nitrogens with two attached hydrogens (primary N) is 1. The molecule has 4 N–H and O–H groups in total. The van der Waals surface area contributed by atoms with Gasteiger partial charge in [0.2, 0.25) is 5.91 Å². The maximum Gasteiger partial charge on any atom is 0.223 e. The zero-order valence-electron chi connectivity index (χ0n) is 27.1. The topological polar surface area (TPSA) is 106 Å². The summed E-state index contributed by atoms with van der Waals surface area (Å²) in [6.07, 6.45) is 6.51. The van der Waals surface area contributed by atoms with Crippen LogP contribution in [0, 0.1) is 23.7 Å². The summed E-state index contributed by atoms with van der Waals surface area (Å²) in [6, 6.07) is 5.66. The number of rotatable bonds is 19. The molecule has 0 radical (unpaired) electrons. The van der Waals surface area contributed by atoms with Crippen molar-refractivity contribution < 1.29 is 24.1 Å². The lowest BCUT2D eigenvalue weighted by Gasteiger charge is -2.37. The van der Waals surface area contributed by atoms with Crippen molar-refractivity contribution in [1.82, 2.24) is 10.2 Å². The van der Waals surface area contributed by atoms with Crippen LogP contribution in [0.4, 0.5) is 0 Å². The molecule has 0 aliphatic heterocycles. The van der Waals surface area contributed by atoms with Crippen LogP contribution in [-0.4, -0.2) is 81.7 Å². The SMILES string of the molecule is COCCCOc1cc(C[C@@H](C[C@H](N)[C@@H](O)C[C@H](C(=O)NCC2(N(C)C)CCCC2)C(C)C)C(C)C)ccc1OC. The summed E-state index contributed by atoms with van der Waals surface area (Å²) in [6.45, 7) is 10.4. The molecule has 1 saturated carbocycles. The van der Waals surface area contributed by atoms with E-state index in [2.05, 4.69) is 58.1 Å². The number of ether oxygens (including phenoxy) is 3. The van der Waals surface area contributed by atoms with E-state index in [4.69, 9.17) is 19.9 Å². The third-order valence-electron chi connectivity index (χ3n) is 9.20. The van der Waals surface area contributed by atoms with Gasteiger partial charge in [-0.25, -0.2) is 0 Å². The number of carbonyl (C=O) groups excluding carboxylic acids is 1. The van der Waals surface area contributed by atoms with Crippen molar-refractivity contribution in [2.75, 3.05) is 48.1 Å². The van der Waals surface area contributed by atoms with Crippen LogP contribution in [0.5, 0.6) is 11.5 Å². The van der Waals surface area contributed by atoms with Gasteiger partial charge in [-0.2, -0.15) is 0 Å². The van der Waals surface area contributed by atoms with Gasteiger partial charge in [0.1, 0.15) is 0 Å². The number of hydrogen-bond acceptors (Lipinski definition) is 7. The minimum atomic E-state index is -0.751. The summed E-state index contributed by atoms with van der Waals surface area (Å²) in [5.41, 5.74) is 7.80. The molecule has 1 aliphatic carbocycles. The van der Waals surface area contributed by atoms with Crippen LogP contribution in [-0.2, 0) is 16.0 Å². The summed E-state index contributed by atoms with van der Waals surface area (Å²) in [4.78, 5) is 15.6. The smallest absolute Gasteiger partial charge is 0.223 e. The maximum atomic E-state index is 13.3. The van der Waals surface area contributed by atoms with Crippen LogP contribution in [0.3, 0.4) is 0 Å². The lowest BCUT2D eigenvalue weighted by molar-refractivity contribution is -0.128. The fraction of sp³-hybridized carbons (Fsp3) is 0.788.